The maximum Gasteiger partial charge on any atom is 0.270 e. The summed E-state index contributed by atoms with van der Waals surface area (Å²) in [5.41, 5.74) is 0.929. The van der Waals surface area contributed by atoms with Crippen LogP contribution in [0.3, 0.4) is 0 Å². The zero-order valence-corrected chi connectivity index (χ0v) is 13.6. The van der Waals surface area contributed by atoms with Gasteiger partial charge in [0.15, 0.2) is 5.82 Å². The van der Waals surface area contributed by atoms with Crippen molar-refractivity contribution < 1.29 is 9.72 Å². The highest BCUT2D eigenvalue weighted by atomic mass is 35.5. The predicted molar refractivity (Wildman–Crippen MR) is 90.0 cm³/mol. The summed E-state index contributed by atoms with van der Waals surface area (Å²) in [4.78, 5) is 22.7. The van der Waals surface area contributed by atoms with Crippen molar-refractivity contribution in [3.63, 3.8) is 0 Å². The monoisotopic (exact) mass is 358 g/mol. The molecule has 0 atom stereocenters. The summed E-state index contributed by atoms with van der Waals surface area (Å²) in [6.45, 7) is 1.74. The Morgan fingerprint density at radius 3 is 2.76 bits per heavy atom. The molecule has 25 heavy (non-hydrogen) atoms. The summed E-state index contributed by atoms with van der Waals surface area (Å²) in [5.74, 6) is 0.0319. The first kappa shape index (κ1) is 16.5. The third-order valence-corrected chi connectivity index (χ3v) is 3.71. The van der Waals surface area contributed by atoms with Crippen LogP contribution in [0, 0.1) is 17.0 Å². The van der Waals surface area contributed by atoms with Gasteiger partial charge in [0.2, 0.25) is 0 Å². The number of amides is 1. The molecule has 3 rings (SSSR count). The van der Waals surface area contributed by atoms with Gasteiger partial charge in [-0.25, -0.2) is 0 Å². The van der Waals surface area contributed by atoms with E-state index >= 15 is 0 Å². The molecule has 2 aromatic carbocycles. The minimum Gasteiger partial charge on any atom is -0.322 e. The Hall–Kier alpha value is -3.33. The number of carbonyl (C=O) groups excluding carboxylic acids is 1. The molecule has 1 N–H and O–H groups in total. The molecule has 0 aliphatic rings. The summed E-state index contributed by atoms with van der Waals surface area (Å²) < 4.78 is 1.51. The number of nitro groups is 1. The number of anilines is 1. The molecule has 10 heteroatoms. The number of aryl methyl sites for hydroxylation is 1. The number of nitrogens with one attached hydrogen (secondary N) is 1. The molecule has 0 aliphatic carbocycles. The predicted octanol–water partition coefficient (Wildman–Crippen LogP) is 2.78. The summed E-state index contributed by atoms with van der Waals surface area (Å²) in [7, 11) is 0. The van der Waals surface area contributed by atoms with Crippen molar-refractivity contribution in [3.8, 4) is 5.69 Å². The van der Waals surface area contributed by atoms with Crippen molar-refractivity contribution in [3.05, 3.63) is 69.0 Å². The van der Waals surface area contributed by atoms with E-state index in [1.807, 2.05) is 0 Å². The first-order valence-electron chi connectivity index (χ1n) is 7.06. The lowest BCUT2D eigenvalue weighted by Crippen LogP contribution is -2.13. The second-order valence-corrected chi connectivity index (χ2v) is 5.47. The highest BCUT2D eigenvalue weighted by Gasteiger charge is 2.16. The molecule has 0 saturated heterocycles. The van der Waals surface area contributed by atoms with E-state index in [2.05, 4.69) is 20.8 Å². The van der Waals surface area contributed by atoms with E-state index in [0.717, 1.165) is 6.07 Å². The lowest BCUT2D eigenvalue weighted by Gasteiger charge is -2.09. The van der Waals surface area contributed by atoms with Crippen LogP contribution < -0.4 is 5.32 Å². The van der Waals surface area contributed by atoms with Crippen molar-refractivity contribution in [2.45, 2.75) is 6.92 Å². The highest BCUT2D eigenvalue weighted by molar-refractivity contribution is 6.34. The Labute approximate surface area is 146 Å². The molecule has 0 fully saturated rings. The number of nitrogens with zero attached hydrogens (tertiary/aromatic N) is 5. The van der Waals surface area contributed by atoms with Crippen LogP contribution in [0.1, 0.15) is 16.2 Å². The van der Waals surface area contributed by atoms with E-state index in [0.29, 0.717) is 17.2 Å². The lowest BCUT2D eigenvalue weighted by atomic mass is 10.1. The van der Waals surface area contributed by atoms with E-state index in [-0.39, 0.29) is 16.3 Å². The summed E-state index contributed by atoms with van der Waals surface area (Å²) in [5, 5.41) is 24.9. The van der Waals surface area contributed by atoms with Crippen molar-refractivity contribution in [2.75, 3.05) is 5.32 Å². The molecule has 0 unspecified atom stereocenters. The number of benzene rings is 2. The van der Waals surface area contributed by atoms with Gasteiger partial charge >= 0.3 is 0 Å². The molecule has 0 bridgehead atoms. The minimum absolute atomic E-state index is 0.0138. The van der Waals surface area contributed by atoms with Crippen molar-refractivity contribution in [1.29, 1.82) is 0 Å². The number of rotatable bonds is 4. The Balaban J connectivity index is 1.88. The number of halogens is 1. The SMILES string of the molecule is Cc1nnnn1-c1cccc(NC(=O)c2cc([N+](=O)[O-])ccc2Cl)c1. The number of carbonyl (C=O) groups is 1. The van der Waals surface area contributed by atoms with Gasteiger partial charge in [0.1, 0.15) is 0 Å². The van der Waals surface area contributed by atoms with Crippen LogP contribution in [0.2, 0.25) is 5.02 Å². The average molecular weight is 359 g/mol. The fourth-order valence-corrected chi connectivity index (χ4v) is 2.39. The smallest absolute Gasteiger partial charge is 0.270 e. The third kappa shape index (κ3) is 3.45. The molecule has 0 saturated carbocycles. The number of nitro benzene ring substituents is 1. The standard InChI is InChI=1S/C15H11ClN6O3/c1-9-18-19-20-21(9)11-4-2-3-10(7-11)17-15(23)13-8-12(22(24)25)5-6-14(13)16/h2-8H,1H3,(H,17,23). The summed E-state index contributed by atoms with van der Waals surface area (Å²) in [6, 6.07) is 10.5. The van der Waals surface area contributed by atoms with Crippen LogP contribution in [-0.4, -0.2) is 31.0 Å². The first-order valence-corrected chi connectivity index (χ1v) is 7.44. The second kappa shape index (κ2) is 6.65. The molecule has 1 aromatic heterocycles. The fraction of sp³-hybridized carbons (Fsp3) is 0.0667. The van der Waals surface area contributed by atoms with Gasteiger partial charge < -0.3 is 5.32 Å². The molecule has 1 heterocycles. The molecular weight excluding hydrogens is 348 g/mol. The van der Waals surface area contributed by atoms with Gasteiger partial charge in [0.25, 0.3) is 11.6 Å². The van der Waals surface area contributed by atoms with Crippen LogP contribution in [-0.2, 0) is 0 Å². The summed E-state index contributed by atoms with van der Waals surface area (Å²) >= 11 is 5.98. The molecule has 0 spiro atoms. The number of aromatic nitrogens is 4. The maximum atomic E-state index is 12.4. The van der Waals surface area contributed by atoms with Crippen molar-refractivity contribution in [1.82, 2.24) is 20.2 Å². The fourth-order valence-electron chi connectivity index (χ4n) is 2.18. The van der Waals surface area contributed by atoms with Gasteiger partial charge in [0.05, 0.1) is 21.2 Å². The van der Waals surface area contributed by atoms with Gasteiger partial charge in [-0.15, -0.1) is 5.10 Å². The first-order chi connectivity index (χ1) is 12.0. The van der Waals surface area contributed by atoms with Crippen LogP contribution in [0.4, 0.5) is 11.4 Å². The van der Waals surface area contributed by atoms with Gasteiger partial charge in [-0.2, -0.15) is 4.68 Å². The van der Waals surface area contributed by atoms with Crippen LogP contribution in [0.15, 0.2) is 42.5 Å². The molecule has 0 aliphatic heterocycles. The molecular formula is C15H11ClN6O3. The van der Waals surface area contributed by atoms with Gasteiger partial charge in [-0.3, -0.25) is 14.9 Å². The van der Waals surface area contributed by atoms with E-state index < -0.39 is 10.8 Å². The van der Waals surface area contributed by atoms with Gasteiger partial charge in [0, 0.05) is 17.8 Å². The Kier molecular flexibility index (Phi) is 4.40. The van der Waals surface area contributed by atoms with Crippen LogP contribution >= 0.6 is 11.6 Å². The average Bonchev–Trinajstić information content (AvgIpc) is 3.01. The zero-order chi connectivity index (χ0) is 18.0. The molecule has 126 valence electrons. The lowest BCUT2D eigenvalue weighted by molar-refractivity contribution is -0.384. The van der Waals surface area contributed by atoms with E-state index in [4.69, 9.17) is 11.6 Å². The quantitative estimate of drug-likeness (QED) is 0.566. The molecule has 1 amide bonds. The maximum absolute atomic E-state index is 12.4. The normalized spacial score (nSPS) is 10.5. The van der Waals surface area contributed by atoms with Crippen molar-refractivity contribution >= 4 is 28.9 Å². The number of hydrogen-bond acceptors (Lipinski definition) is 6. The Morgan fingerprint density at radius 2 is 2.08 bits per heavy atom. The van der Waals surface area contributed by atoms with E-state index in [1.165, 1.54) is 16.8 Å². The second-order valence-electron chi connectivity index (χ2n) is 5.06. The van der Waals surface area contributed by atoms with Crippen LogP contribution in [0.25, 0.3) is 5.69 Å². The topological polar surface area (TPSA) is 116 Å². The largest absolute Gasteiger partial charge is 0.322 e. The third-order valence-electron chi connectivity index (χ3n) is 3.38. The number of hydrogen-bond donors (Lipinski definition) is 1. The Bertz CT molecular complexity index is 971. The molecule has 9 nitrogen and oxygen atoms in total. The molecule has 0 radical (unpaired) electrons. The van der Waals surface area contributed by atoms with E-state index in [1.54, 1.807) is 31.2 Å². The van der Waals surface area contributed by atoms with Crippen LogP contribution in [0.5, 0.6) is 0 Å². The molecule has 3 aromatic rings. The van der Waals surface area contributed by atoms with Gasteiger partial charge in [-0.1, -0.05) is 17.7 Å². The van der Waals surface area contributed by atoms with Crippen molar-refractivity contribution in [2.24, 2.45) is 0 Å². The Morgan fingerprint density at radius 1 is 1.28 bits per heavy atom. The van der Waals surface area contributed by atoms with Gasteiger partial charge in [-0.05, 0) is 41.6 Å². The zero-order valence-electron chi connectivity index (χ0n) is 12.9. The number of tetrazole rings is 1. The minimum atomic E-state index is -0.589. The summed E-state index contributed by atoms with van der Waals surface area (Å²) in [6.07, 6.45) is 0. The highest BCUT2D eigenvalue weighted by Crippen LogP contribution is 2.23. The number of non-ortho nitro benzene ring substituents is 1. The van der Waals surface area contributed by atoms with E-state index in [9.17, 15) is 14.9 Å².